The molecule has 1 saturated heterocycles. The lowest BCUT2D eigenvalue weighted by molar-refractivity contribution is -0.120. The Morgan fingerprint density at radius 2 is 1.90 bits per heavy atom. The molecule has 1 aliphatic rings. The predicted molar refractivity (Wildman–Crippen MR) is 117 cm³/mol. The van der Waals surface area contributed by atoms with Gasteiger partial charge in [-0.05, 0) is 49.7 Å². The summed E-state index contributed by atoms with van der Waals surface area (Å²) >= 11 is 0. The summed E-state index contributed by atoms with van der Waals surface area (Å²) in [5.74, 6) is -0.198. The van der Waals surface area contributed by atoms with E-state index >= 15 is 0 Å². The van der Waals surface area contributed by atoms with Crippen LogP contribution in [-0.4, -0.2) is 43.5 Å². The third kappa shape index (κ3) is 5.97. The molecule has 0 spiro atoms. The van der Waals surface area contributed by atoms with E-state index in [0.717, 1.165) is 17.8 Å². The van der Waals surface area contributed by atoms with Crippen LogP contribution in [0.15, 0.2) is 48.5 Å². The summed E-state index contributed by atoms with van der Waals surface area (Å²) in [4.78, 5) is 37.9. The summed E-state index contributed by atoms with van der Waals surface area (Å²) in [6.07, 6.45) is 0. The molecular formula is C22H27N5O3. The molecule has 1 heterocycles. The number of hydrogen-bond acceptors (Lipinski definition) is 4. The van der Waals surface area contributed by atoms with Crippen LogP contribution in [0.5, 0.6) is 0 Å². The summed E-state index contributed by atoms with van der Waals surface area (Å²) in [6, 6.07) is 14.3. The van der Waals surface area contributed by atoms with Crippen LogP contribution in [0.4, 0.5) is 16.2 Å². The van der Waals surface area contributed by atoms with E-state index in [1.54, 1.807) is 24.3 Å². The zero-order valence-electron chi connectivity index (χ0n) is 17.2. The number of carbonyl (C=O) groups excluding carboxylic acids is 3. The molecule has 2 aromatic carbocycles. The van der Waals surface area contributed by atoms with Crippen molar-refractivity contribution < 1.29 is 14.4 Å². The Kier molecular flexibility index (Phi) is 6.90. The van der Waals surface area contributed by atoms with Gasteiger partial charge in [0.15, 0.2) is 0 Å². The number of nitrogens with zero attached hydrogens (tertiary/aromatic N) is 1. The second-order valence-electron chi connectivity index (χ2n) is 7.45. The molecule has 0 aromatic heterocycles. The number of nitrogens with one attached hydrogen (secondary N) is 4. The van der Waals surface area contributed by atoms with Gasteiger partial charge in [0, 0.05) is 42.6 Å². The van der Waals surface area contributed by atoms with Crippen LogP contribution in [-0.2, 0) is 11.3 Å². The van der Waals surface area contributed by atoms with Crippen LogP contribution in [0.2, 0.25) is 0 Å². The minimum Gasteiger partial charge on any atom is -0.360 e. The van der Waals surface area contributed by atoms with E-state index in [-0.39, 0.29) is 23.9 Å². The number of rotatable bonds is 6. The number of anilines is 2. The van der Waals surface area contributed by atoms with E-state index in [9.17, 15) is 14.4 Å². The first-order chi connectivity index (χ1) is 14.4. The van der Waals surface area contributed by atoms with Crippen LogP contribution in [0.1, 0.15) is 29.8 Å². The minimum absolute atomic E-state index is 0.0231. The number of hydrogen-bond donors (Lipinski definition) is 4. The summed E-state index contributed by atoms with van der Waals surface area (Å²) in [6.45, 7) is 5.91. The Labute approximate surface area is 176 Å². The summed E-state index contributed by atoms with van der Waals surface area (Å²) in [5, 5.41) is 11.2. The molecule has 0 unspecified atom stereocenters. The third-order valence-electron chi connectivity index (χ3n) is 4.60. The Morgan fingerprint density at radius 1 is 1.13 bits per heavy atom. The molecule has 0 aliphatic carbocycles. The Hall–Kier alpha value is -3.55. The van der Waals surface area contributed by atoms with Crippen molar-refractivity contribution in [2.24, 2.45) is 0 Å². The van der Waals surface area contributed by atoms with Gasteiger partial charge in [-0.3, -0.25) is 9.59 Å². The largest absolute Gasteiger partial charge is 0.360 e. The van der Waals surface area contributed by atoms with E-state index in [1.165, 1.54) is 0 Å². The molecule has 0 bridgehead atoms. The molecule has 8 nitrogen and oxygen atoms in total. The maximum Gasteiger partial charge on any atom is 0.319 e. The van der Waals surface area contributed by atoms with Crippen LogP contribution in [0.3, 0.4) is 0 Å². The Bertz CT molecular complexity index is 911. The first kappa shape index (κ1) is 21.2. The molecule has 158 valence electrons. The highest BCUT2D eigenvalue weighted by atomic mass is 16.2. The molecule has 0 atom stereocenters. The monoisotopic (exact) mass is 409 g/mol. The SMILES string of the molecule is CC(C)NC(=O)Nc1cccc(C(=O)NCc2ccc(N3CCNC(=O)C3)cc2)c1. The molecule has 1 aliphatic heterocycles. The van der Waals surface area contributed by atoms with Crippen LogP contribution < -0.4 is 26.2 Å². The van der Waals surface area contributed by atoms with Gasteiger partial charge in [-0.1, -0.05) is 18.2 Å². The fourth-order valence-electron chi connectivity index (χ4n) is 3.14. The zero-order chi connectivity index (χ0) is 21.5. The van der Waals surface area contributed by atoms with Crippen molar-refractivity contribution in [3.05, 3.63) is 59.7 Å². The van der Waals surface area contributed by atoms with Crippen LogP contribution >= 0.6 is 0 Å². The van der Waals surface area contributed by atoms with Crippen LogP contribution in [0, 0.1) is 0 Å². The van der Waals surface area contributed by atoms with E-state index in [2.05, 4.69) is 21.3 Å². The van der Waals surface area contributed by atoms with Crippen molar-refractivity contribution in [3.8, 4) is 0 Å². The van der Waals surface area contributed by atoms with E-state index in [0.29, 0.717) is 30.9 Å². The van der Waals surface area contributed by atoms with Gasteiger partial charge in [0.2, 0.25) is 5.91 Å². The lowest BCUT2D eigenvalue weighted by atomic mass is 10.1. The highest BCUT2D eigenvalue weighted by Crippen LogP contribution is 2.16. The summed E-state index contributed by atoms with van der Waals surface area (Å²) in [7, 11) is 0. The van der Waals surface area contributed by atoms with Gasteiger partial charge >= 0.3 is 6.03 Å². The second-order valence-corrected chi connectivity index (χ2v) is 7.45. The van der Waals surface area contributed by atoms with E-state index in [4.69, 9.17) is 0 Å². The quantitative estimate of drug-likeness (QED) is 0.587. The third-order valence-corrected chi connectivity index (χ3v) is 4.60. The molecule has 1 fully saturated rings. The molecule has 2 aromatic rings. The number of amides is 4. The highest BCUT2D eigenvalue weighted by molar-refractivity contribution is 5.96. The van der Waals surface area contributed by atoms with Crippen molar-refractivity contribution in [1.29, 1.82) is 0 Å². The van der Waals surface area contributed by atoms with Crippen molar-refractivity contribution in [2.75, 3.05) is 29.9 Å². The molecule has 30 heavy (non-hydrogen) atoms. The average molecular weight is 409 g/mol. The molecule has 0 radical (unpaired) electrons. The van der Waals surface area contributed by atoms with Crippen LogP contribution in [0.25, 0.3) is 0 Å². The molecular weight excluding hydrogens is 382 g/mol. The van der Waals surface area contributed by atoms with Gasteiger partial charge in [0.1, 0.15) is 0 Å². The van der Waals surface area contributed by atoms with Crippen molar-refractivity contribution in [3.63, 3.8) is 0 Å². The standard InChI is InChI=1S/C22H27N5O3/c1-15(2)25-22(30)26-18-5-3-4-17(12-18)21(29)24-13-16-6-8-19(9-7-16)27-11-10-23-20(28)14-27/h3-9,12,15H,10-11,13-14H2,1-2H3,(H,23,28)(H,24,29)(H2,25,26,30). The lowest BCUT2D eigenvalue weighted by Gasteiger charge is -2.28. The highest BCUT2D eigenvalue weighted by Gasteiger charge is 2.16. The Balaban J connectivity index is 1.54. The Morgan fingerprint density at radius 3 is 2.60 bits per heavy atom. The molecule has 4 amide bonds. The van der Waals surface area contributed by atoms with Gasteiger partial charge in [0.05, 0.1) is 6.54 Å². The number of piperazine rings is 1. The average Bonchev–Trinajstić information content (AvgIpc) is 2.72. The molecule has 4 N–H and O–H groups in total. The van der Waals surface area contributed by atoms with Crippen molar-refractivity contribution >= 4 is 29.2 Å². The maximum absolute atomic E-state index is 12.5. The summed E-state index contributed by atoms with van der Waals surface area (Å²) in [5.41, 5.74) is 2.96. The van der Waals surface area contributed by atoms with Gasteiger partial charge in [-0.15, -0.1) is 0 Å². The van der Waals surface area contributed by atoms with Crippen molar-refractivity contribution in [1.82, 2.24) is 16.0 Å². The van der Waals surface area contributed by atoms with Crippen molar-refractivity contribution in [2.45, 2.75) is 26.4 Å². The predicted octanol–water partition coefficient (Wildman–Crippen LogP) is 2.08. The van der Waals surface area contributed by atoms with E-state index < -0.39 is 0 Å². The topological polar surface area (TPSA) is 103 Å². The first-order valence-corrected chi connectivity index (χ1v) is 9.97. The van der Waals surface area contributed by atoms with Gasteiger partial charge < -0.3 is 26.2 Å². The summed E-state index contributed by atoms with van der Waals surface area (Å²) < 4.78 is 0. The fraction of sp³-hybridized carbons (Fsp3) is 0.318. The lowest BCUT2D eigenvalue weighted by Crippen LogP contribution is -2.47. The first-order valence-electron chi connectivity index (χ1n) is 9.97. The number of urea groups is 1. The van der Waals surface area contributed by atoms with E-state index in [1.807, 2.05) is 43.0 Å². The smallest absolute Gasteiger partial charge is 0.319 e. The number of carbonyl (C=O) groups is 3. The van der Waals surface area contributed by atoms with Gasteiger partial charge in [0.25, 0.3) is 5.91 Å². The zero-order valence-corrected chi connectivity index (χ0v) is 17.2. The van der Waals surface area contributed by atoms with Gasteiger partial charge in [-0.2, -0.15) is 0 Å². The second kappa shape index (κ2) is 9.78. The molecule has 8 heteroatoms. The minimum atomic E-state index is -0.311. The number of benzene rings is 2. The maximum atomic E-state index is 12.5. The molecule has 3 rings (SSSR count). The van der Waals surface area contributed by atoms with Gasteiger partial charge in [-0.25, -0.2) is 4.79 Å². The fourth-order valence-corrected chi connectivity index (χ4v) is 3.14. The molecule has 0 saturated carbocycles. The normalized spacial score (nSPS) is 13.6.